The molecule has 0 spiro atoms. The highest BCUT2D eigenvalue weighted by Crippen LogP contribution is 2.26. The Bertz CT molecular complexity index is 539. The van der Waals surface area contributed by atoms with Crippen LogP contribution in [0.1, 0.15) is 65.2 Å². The number of rotatable bonds is 4. The monoisotopic (exact) mass is 309 g/mol. The Morgan fingerprint density at radius 2 is 2.14 bits per heavy atom. The van der Waals surface area contributed by atoms with Crippen LogP contribution in [0.2, 0.25) is 0 Å². The summed E-state index contributed by atoms with van der Waals surface area (Å²) < 4.78 is 0. The van der Waals surface area contributed by atoms with Crippen LogP contribution in [-0.2, 0) is 6.42 Å². The van der Waals surface area contributed by atoms with E-state index >= 15 is 0 Å². The maximum atomic E-state index is 12.8. The van der Waals surface area contributed by atoms with Gasteiger partial charge in [0.25, 0.3) is 11.8 Å². The zero-order valence-electron chi connectivity index (χ0n) is 12.9. The average molecular weight is 309 g/mol. The maximum Gasteiger partial charge on any atom is 0.277 e. The second-order valence-electron chi connectivity index (χ2n) is 6.10. The van der Waals surface area contributed by atoms with Crippen molar-refractivity contribution in [3.05, 3.63) is 15.6 Å². The van der Waals surface area contributed by atoms with Crippen LogP contribution in [0.15, 0.2) is 0 Å². The molecule has 5 nitrogen and oxygen atoms in total. The molecule has 0 radical (unpaired) electrons. The second kappa shape index (κ2) is 6.56. The third-order valence-electron chi connectivity index (χ3n) is 3.77. The average Bonchev–Trinajstić information content (AvgIpc) is 2.82. The molecule has 1 fully saturated rings. The maximum absolute atomic E-state index is 12.8. The van der Waals surface area contributed by atoms with Crippen LogP contribution in [0.25, 0.3) is 0 Å². The van der Waals surface area contributed by atoms with Crippen LogP contribution in [-0.4, -0.2) is 34.3 Å². The van der Waals surface area contributed by atoms with E-state index in [-0.39, 0.29) is 17.0 Å². The van der Waals surface area contributed by atoms with Crippen LogP contribution >= 0.6 is 11.3 Å². The smallest absolute Gasteiger partial charge is 0.277 e. The summed E-state index contributed by atoms with van der Waals surface area (Å²) in [5.41, 5.74) is 5.74. The molecule has 2 amide bonds. The third kappa shape index (κ3) is 3.61. The first kappa shape index (κ1) is 15.9. The summed E-state index contributed by atoms with van der Waals surface area (Å²) in [7, 11) is 0. The number of aromatic nitrogens is 1. The van der Waals surface area contributed by atoms with Crippen molar-refractivity contribution in [1.29, 1.82) is 0 Å². The minimum Gasteiger partial charge on any atom is -0.364 e. The van der Waals surface area contributed by atoms with E-state index < -0.39 is 5.91 Å². The minimum atomic E-state index is -0.559. The van der Waals surface area contributed by atoms with Gasteiger partial charge in [0, 0.05) is 17.5 Å². The topological polar surface area (TPSA) is 76.3 Å². The number of nitrogens with zero attached hydrogens (tertiary/aromatic N) is 2. The van der Waals surface area contributed by atoms with Gasteiger partial charge in [0.2, 0.25) is 0 Å². The van der Waals surface area contributed by atoms with Gasteiger partial charge in [-0.05, 0) is 38.5 Å². The molecule has 2 heterocycles. The number of hydrogen-bond acceptors (Lipinski definition) is 4. The first-order valence-corrected chi connectivity index (χ1v) is 8.32. The van der Waals surface area contributed by atoms with Gasteiger partial charge in [-0.25, -0.2) is 4.98 Å². The van der Waals surface area contributed by atoms with E-state index in [1.807, 2.05) is 4.90 Å². The fraction of sp³-hybridized carbons (Fsp3) is 0.667. The molecule has 1 unspecified atom stereocenters. The van der Waals surface area contributed by atoms with Gasteiger partial charge in [-0.3, -0.25) is 9.59 Å². The standard InChI is InChI=1S/C15H23N3O2S/c1-9(2)8-11-12(17-14(21-11)13(16)19)15(20)18-7-5-4-6-10(18)3/h9-10H,4-8H2,1-3H3,(H2,16,19). The molecular weight excluding hydrogens is 286 g/mol. The Morgan fingerprint density at radius 1 is 1.43 bits per heavy atom. The number of amides is 2. The van der Waals surface area contributed by atoms with Crippen LogP contribution < -0.4 is 5.73 Å². The van der Waals surface area contributed by atoms with E-state index in [0.717, 1.165) is 37.1 Å². The number of primary amides is 1. The van der Waals surface area contributed by atoms with Gasteiger partial charge < -0.3 is 10.6 Å². The zero-order valence-corrected chi connectivity index (χ0v) is 13.7. The van der Waals surface area contributed by atoms with Crippen LogP contribution in [0.4, 0.5) is 0 Å². The highest BCUT2D eigenvalue weighted by Gasteiger charge is 2.29. The van der Waals surface area contributed by atoms with E-state index in [1.165, 1.54) is 11.3 Å². The quantitative estimate of drug-likeness (QED) is 0.928. The molecule has 1 aliphatic heterocycles. The SMILES string of the molecule is CC(C)Cc1sc(C(N)=O)nc1C(=O)N1CCCCC1C. The number of nitrogens with two attached hydrogens (primary N) is 1. The molecule has 0 aromatic carbocycles. The van der Waals surface area contributed by atoms with E-state index in [2.05, 4.69) is 25.8 Å². The molecule has 2 rings (SSSR count). The predicted molar refractivity (Wildman–Crippen MR) is 83.5 cm³/mol. The Labute approximate surface area is 129 Å². The van der Waals surface area contributed by atoms with Crippen molar-refractivity contribution in [3.8, 4) is 0 Å². The lowest BCUT2D eigenvalue weighted by Gasteiger charge is -2.33. The van der Waals surface area contributed by atoms with Crippen molar-refractivity contribution in [2.24, 2.45) is 11.7 Å². The lowest BCUT2D eigenvalue weighted by molar-refractivity contribution is 0.0629. The lowest BCUT2D eigenvalue weighted by Crippen LogP contribution is -2.42. The van der Waals surface area contributed by atoms with E-state index in [9.17, 15) is 9.59 Å². The molecule has 116 valence electrons. The molecule has 1 aromatic heterocycles. The fourth-order valence-corrected chi connectivity index (χ4v) is 3.79. The summed E-state index contributed by atoms with van der Waals surface area (Å²) in [6.45, 7) is 7.01. The summed E-state index contributed by atoms with van der Waals surface area (Å²) >= 11 is 1.26. The van der Waals surface area contributed by atoms with Crippen LogP contribution in [0.3, 0.4) is 0 Å². The molecule has 0 saturated carbocycles. The first-order chi connectivity index (χ1) is 9.90. The fourth-order valence-electron chi connectivity index (χ4n) is 2.67. The van der Waals surface area contributed by atoms with Gasteiger partial charge in [-0.15, -0.1) is 11.3 Å². The van der Waals surface area contributed by atoms with Gasteiger partial charge in [-0.2, -0.15) is 0 Å². The van der Waals surface area contributed by atoms with Crippen molar-refractivity contribution in [1.82, 2.24) is 9.88 Å². The predicted octanol–water partition coefficient (Wildman–Crippen LogP) is 2.46. The zero-order chi connectivity index (χ0) is 15.6. The summed E-state index contributed by atoms with van der Waals surface area (Å²) in [6, 6.07) is 0.233. The Hall–Kier alpha value is -1.43. The largest absolute Gasteiger partial charge is 0.364 e. The van der Waals surface area contributed by atoms with Gasteiger partial charge in [0.1, 0.15) is 5.69 Å². The first-order valence-electron chi connectivity index (χ1n) is 7.50. The summed E-state index contributed by atoms with van der Waals surface area (Å²) in [4.78, 5) is 31.1. The molecule has 2 N–H and O–H groups in total. The second-order valence-corrected chi connectivity index (χ2v) is 7.18. The highest BCUT2D eigenvalue weighted by atomic mass is 32.1. The number of thiazole rings is 1. The summed E-state index contributed by atoms with van der Waals surface area (Å²) in [6.07, 6.45) is 3.96. The lowest BCUT2D eigenvalue weighted by atomic mass is 10.0. The Morgan fingerprint density at radius 3 is 2.71 bits per heavy atom. The molecule has 1 saturated heterocycles. The van der Waals surface area contributed by atoms with Crippen molar-refractivity contribution >= 4 is 23.2 Å². The number of carbonyl (C=O) groups is 2. The van der Waals surface area contributed by atoms with Crippen molar-refractivity contribution < 1.29 is 9.59 Å². The summed E-state index contributed by atoms with van der Waals surface area (Å²) in [5, 5.41) is 0.235. The molecule has 6 heteroatoms. The molecule has 1 atom stereocenters. The van der Waals surface area contributed by atoms with E-state index in [4.69, 9.17) is 5.73 Å². The normalized spacial score (nSPS) is 19.0. The van der Waals surface area contributed by atoms with Gasteiger partial charge in [-0.1, -0.05) is 13.8 Å². The van der Waals surface area contributed by atoms with Crippen LogP contribution in [0.5, 0.6) is 0 Å². The van der Waals surface area contributed by atoms with E-state index in [0.29, 0.717) is 11.6 Å². The number of piperidine rings is 1. The molecule has 21 heavy (non-hydrogen) atoms. The summed E-state index contributed by atoms with van der Waals surface area (Å²) in [5.74, 6) is -0.214. The molecular formula is C15H23N3O2S. The Balaban J connectivity index is 2.31. The van der Waals surface area contributed by atoms with Gasteiger partial charge in [0.15, 0.2) is 5.01 Å². The molecule has 1 aromatic rings. The molecule has 1 aliphatic rings. The van der Waals surface area contributed by atoms with Crippen molar-refractivity contribution in [2.45, 2.75) is 52.5 Å². The number of likely N-dealkylation sites (tertiary alicyclic amines) is 1. The van der Waals surface area contributed by atoms with Gasteiger partial charge >= 0.3 is 0 Å². The Kier molecular flexibility index (Phi) is 4.98. The van der Waals surface area contributed by atoms with Crippen molar-refractivity contribution in [2.75, 3.05) is 6.54 Å². The number of carbonyl (C=O) groups excluding carboxylic acids is 2. The molecule has 0 aliphatic carbocycles. The highest BCUT2D eigenvalue weighted by molar-refractivity contribution is 7.13. The van der Waals surface area contributed by atoms with E-state index in [1.54, 1.807) is 0 Å². The van der Waals surface area contributed by atoms with Crippen LogP contribution in [0, 0.1) is 5.92 Å². The molecule has 0 bridgehead atoms. The van der Waals surface area contributed by atoms with Crippen molar-refractivity contribution in [3.63, 3.8) is 0 Å². The number of hydrogen-bond donors (Lipinski definition) is 1. The minimum absolute atomic E-state index is 0.0541. The van der Waals surface area contributed by atoms with Gasteiger partial charge in [0.05, 0.1) is 0 Å². The third-order valence-corrected chi connectivity index (χ3v) is 4.86.